The first-order valence-electron chi connectivity index (χ1n) is 7.04. The van der Waals surface area contributed by atoms with Gasteiger partial charge in [0.1, 0.15) is 21.6 Å². The molecule has 1 saturated heterocycles. The standard InChI is InChI=1S/C14H17IN4O3/c1-9-8-22-6-5-18(9)11-4-3-10-13(16-11)14(15)17-19(10)7-12(20)21-2/h3-4,9H,5-8H2,1-2H3/t9-/m1/s1. The molecule has 3 heterocycles. The number of pyridine rings is 1. The second kappa shape index (κ2) is 6.37. The predicted molar refractivity (Wildman–Crippen MR) is 89.9 cm³/mol. The molecule has 1 aliphatic heterocycles. The van der Waals surface area contributed by atoms with Crippen molar-refractivity contribution in [3.63, 3.8) is 0 Å². The van der Waals surface area contributed by atoms with Crippen molar-refractivity contribution >= 4 is 45.4 Å². The SMILES string of the molecule is COC(=O)Cn1nc(I)c2nc(N3CCOC[C@H]3C)ccc21. The van der Waals surface area contributed by atoms with E-state index in [-0.39, 0.29) is 12.5 Å². The van der Waals surface area contributed by atoms with Crippen LogP contribution in [0.3, 0.4) is 0 Å². The number of hydrogen-bond acceptors (Lipinski definition) is 6. The second-order valence-corrected chi connectivity index (χ2v) is 6.20. The first-order valence-corrected chi connectivity index (χ1v) is 8.12. The van der Waals surface area contributed by atoms with Gasteiger partial charge in [0.2, 0.25) is 0 Å². The third-order valence-corrected chi connectivity index (χ3v) is 4.44. The molecule has 0 radical (unpaired) electrons. The zero-order valence-electron chi connectivity index (χ0n) is 12.5. The zero-order valence-corrected chi connectivity index (χ0v) is 14.6. The van der Waals surface area contributed by atoms with Gasteiger partial charge in [0.15, 0.2) is 0 Å². The molecule has 1 aliphatic rings. The third-order valence-electron chi connectivity index (χ3n) is 3.71. The van der Waals surface area contributed by atoms with E-state index in [1.807, 2.05) is 12.1 Å². The van der Waals surface area contributed by atoms with Gasteiger partial charge in [0, 0.05) is 6.54 Å². The number of rotatable bonds is 3. The molecule has 0 spiro atoms. The van der Waals surface area contributed by atoms with E-state index < -0.39 is 0 Å². The maximum absolute atomic E-state index is 11.5. The molecule has 7 nitrogen and oxygen atoms in total. The Morgan fingerprint density at radius 1 is 1.55 bits per heavy atom. The van der Waals surface area contributed by atoms with Gasteiger partial charge in [-0.25, -0.2) is 4.98 Å². The predicted octanol–water partition coefficient (Wildman–Crippen LogP) is 1.43. The van der Waals surface area contributed by atoms with E-state index in [0.29, 0.717) is 19.3 Å². The summed E-state index contributed by atoms with van der Waals surface area (Å²) in [6.07, 6.45) is 0. The minimum atomic E-state index is -0.327. The highest BCUT2D eigenvalue weighted by molar-refractivity contribution is 14.1. The normalized spacial score (nSPS) is 18.7. The molecule has 2 aromatic rings. The van der Waals surface area contributed by atoms with E-state index >= 15 is 0 Å². The Morgan fingerprint density at radius 3 is 3.09 bits per heavy atom. The highest BCUT2D eigenvalue weighted by Gasteiger charge is 2.21. The molecule has 0 aliphatic carbocycles. The van der Waals surface area contributed by atoms with Crippen molar-refractivity contribution in [2.75, 3.05) is 31.8 Å². The lowest BCUT2D eigenvalue weighted by Crippen LogP contribution is -2.44. The van der Waals surface area contributed by atoms with Crippen molar-refractivity contribution in [1.29, 1.82) is 0 Å². The summed E-state index contributed by atoms with van der Waals surface area (Å²) in [6, 6.07) is 4.22. The average molecular weight is 416 g/mol. The fourth-order valence-electron chi connectivity index (χ4n) is 2.54. The van der Waals surface area contributed by atoms with Crippen LogP contribution in [0.4, 0.5) is 5.82 Å². The van der Waals surface area contributed by atoms with Gasteiger partial charge in [-0.2, -0.15) is 5.10 Å². The fourth-order valence-corrected chi connectivity index (χ4v) is 3.20. The van der Waals surface area contributed by atoms with Gasteiger partial charge < -0.3 is 14.4 Å². The number of carbonyl (C=O) groups excluding carboxylic acids is 1. The Bertz CT molecular complexity index is 703. The molecule has 1 atom stereocenters. The zero-order chi connectivity index (χ0) is 15.7. The van der Waals surface area contributed by atoms with Crippen LogP contribution in [-0.2, 0) is 20.8 Å². The van der Waals surface area contributed by atoms with Crippen LogP contribution in [0, 0.1) is 3.70 Å². The topological polar surface area (TPSA) is 69.5 Å². The van der Waals surface area contributed by atoms with Crippen molar-refractivity contribution in [1.82, 2.24) is 14.8 Å². The monoisotopic (exact) mass is 416 g/mol. The molecule has 8 heteroatoms. The van der Waals surface area contributed by atoms with Crippen molar-refractivity contribution < 1.29 is 14.3 Å². The van der Waals surface area contributed by atoms with Gasteiger partial charge in [-0.1, -0.05) is 0 Å². The minimum Gasteiger partial charge on any atom is -0.468 e. The van der Waals surface area contributed by atoms with Crippen LogP contribution in [-0.4, -0.2) is 53.6 Å². The molecule has 3 rings (SSSR count). The number of ether oxygens (including phenoxy) is 2. The van der Waals surface area contributed by atoms with Crippen LogP contribution in [0.2, 0.25) is 0 Å². The maximum atomic E-state index is 11.5. The van der Waals surface area contributed by atoms with Crippen molar-refractivity contribution in [3.8, 4) is 0 Å². The van der Waals surface area contributed by atoms with E-state index in [4.69, 9.17) is 14.5 Å². The first kappa shape index (κ1) is 15.5. The number of fused-ring (bicyclic) bond motifs is 1. The van der Waals surface area contributed by atoms with Gasteiger partial charge in [0.25, 0.3) is 0 Å². The van der Waals surface area contributed by atoms with E-state index in [0.717, 1.165) is 27.1 Å². The molecule has 2 aromatic heterocycles. The molecule has 0 aromatic carbocycles. The number of methoxy groups -OCH3 is 1. The van der Waals surface area contributed by atoms with E-state index in [2.05, 4.69) is 39.5 Å². The molecule has 0 bridgehead atoms. The van der Waals surface area contributed by atoms with E-state index in [1.165, 1.54) is 7.11 Å². The van der Waals surface area contributed by atoms with Gasteiger partial charge >= 0.3 is 5.97 Å². The molecule has 22 heavy (non-hydrogen) atoms. The lowest BCUT2D eigenvalue weighted by molar-refractivity contribution is -0.141. The van der Waals surface area contributed by atoms with Crippen LogP contribution >= 0.6 is 22.6 Å². The third kappa shape index (κ3) is 2.89. The number of halogens is 1. The van der Waals surface area contributed by atoms with Crippen molar-refractivity contribution in [2.45, 2.75) is 19.5 Å². The number of carbonyl (C=O) groups is 1. The average Bonchev–Trinajstić information content (AvgIpc) is 2.83. The summed E-state index contributed by atoms with van der Waals surface area (Å²) in [6.45, 7) is 4.45. The van der Waals surface area contributed by atoms with Gasteiger partial charge in [0.05, 0.1) is 31.9 Å². The summed E-state index contributed by atoms with van der Waals surface area (Å²) in [7, 11) is 1.37. The number of esters is 1. The highest BCUT2D eigenvalue weighted by Crippen LogP contribution is 2.24. The van der Waals surface area contributed by atoms with Gasteiger partial charge in [-0.15, -0.1) is 0 Å². The summed E-state index contributed by atoms with van der Waals surface area (Å²) in [5.74, 6) is 0.588. The number of hydrogen-bond donors (Lipinski definition) is 0. The molecule has 1 fully saturated rings. The van der Waals surface area contributed by atoms with Gasteiger partial charge in [-0.05, 0) is 41.6 Å². The van der Waals surface area contributed by atoms with E-state index in [1.54, 1.807) is 4.68 Å². The first-order chi connectivity index (χ1) is 10.6. The molecule has 0 amide bonds. The van der Waals surface area contributed by atoms with Crippen LogP contribution < -0.4 is 4.90 Å². The number of aromatic nitrogens is 3. The van der Waals surface area contributed by atoms with Crippen LogP contribution in [0.25, 0.3) is 11.0 Å². The van der Waals surface area contributed by atoms with Crippen molar-refractivity contribution in [2.24, 2.45) is 0 Å². The second-order valence-electron chi connectivity index (χ2n) is 5.18. The Balaban J connectivity index is 1.96. The lowest BCUT2D eigenvalue weighted by Gasteiger charge is -2.34. The minimum absolute atomic E-state index is 0.0883. The summed E-state index contributed by atoms with van der Waals surface area (Å²) in [4.78, 5) is 18.4. The Morgan fingerprint density at radius 2 is 2.36 bits per heavy atom. The van der Waals surface area contributed by atoms with E-state index in [9.17, 15) is 4.79 Å². The number of morpholine rings is 1. The smallest absolute Gasteiger partial charge is 0.327 e. The van der Waals surface area contributed by atoms with Crippen LogP contribution in [0.15, 0.2) is 12.1 Å². The molecule has 0 N–H and O–H groups in total. The molecular weight excluding hydrogens is 399 g/mol. The maximum Gasteiger partial charge on any atom is 0.327 e. The molecule has 0 saturated carbocycles. The lowest BCUT2D eigenvalue weighted by atomic mass is 10.2. The van der Waals surface area contributed by atoms with Crippen molar-refractivity contribution in [3.05, 3.63) is 15.8 Å². The largest absolute Gasteiger partial charge is 0.468 e. The van der Waals surface area contributed by atoms with Crippen LogP contribution in [0.5, 0.6) is 0 Å². The molecular formula is C14H17IN4O3. The highest BCUT2D eigenvalue weighted by atomic mass is 127. The quantitative estimate of drug-likeness (QED) is 0.557. The summed E-state index contributed by atoms with van der Waals surface area (Å²) >= 11 is 2.14. The molecule has 0 unspecified atom stereocenters. The summed E-state index contributed by atoms with van der Waals surface area (Å²) in [5, 5.41) is 4.38. The Labute approximate surface area is 141 Å². The van der Waals surface area contributed by atoms with Gasteiger partial charge in [-0.3, -0.25) is 9.48 Å². The number of nitrogens with zero attached hydrogens (tertiary/aromatic N) is 4. The summed E-state index contributed by atoms with van der Waals surface area (Å²) in [5.41, 5.74) is 1.64. The Kier molecular flexibility index (Phi) is 4.48. The summed E-state index contributed by atoms with van der Waals surface area (Å²) < 4.78 is 12.6. The van der Waals surface area contributed by atoms with Crippen LogP contribution in [0.1, 0.15) is 6.92 Å². The number of anilines is 1. The molecule has 118 valence electrons. The fraction of sp³-hybridized carbons (Fsp3) is 0.500. The Hall–Kier alpha value is -1.42.